The predicted octanol–water partition coefficient (Wildman–Crippen LogP) is 2.16. The van der Waals surface area contributed by atoms with Crippen LogP contribution in [-0.4, -0.2) is 28.1 Å². The Morgan fingerprint density at radius 1 is 1.33 bits per heavy atom. The average Bonchev–Trinajstić information content (AvgIpc) is 2.56. The maximum Gasteiger partial charge on any atom is 0.270 e. The van der Waals surface area contributed by atoms with Crippen LogP contribution >= 0.6 is 11.6 Å². The molecule has 0 bridgehead atoms. The minimum absolute atomic E-state index is 0.169. The highest BCUT2D eigenvalue weighted by Crippen LogP contribution is 2.18. The van der Waals surface area contributed by atoms with Gasteiger partial charge in [-0.2, -0.15) is 0 Å². The standard InChI is InChI=1S/C13H17ClN2O2/c14-9-6-7-11(15-8-9)13(18)16-10-4-2-1-3-5-12(10)17/h6-8,10,12,17H,1-5H2,(H,16,18). The summed E-state index contributed by atoms with van der Waals surface area (Å²) in [6.45, 7) is 0. The van der Waals surface area contributed by atoms with Gasteiger partial charge in [0.1, 0.15) is 5.69 Å². The summed E-state index contributed by atoms with van der Waals surface area (Å²) in [6, 6.07) is 3.05. The zero-order valence-electron chi connectivity index (χ0n) is 10.1. The second-order valence-corrected chi connectivity index (χ2v) is 5.08. The molecule has 2 unspecified atom stereocenters. The van der Waals surface area contributed by atoms with Gasteiger partial charge in [-0.1, -0.05) is 30.9 Å². The fraction of sp³-hybridized carbons (Fsp3) is 0.538. The molecule has 98 valence electrons. The van der Waals surface area contributed by atoms with Crippen LogP contribution in [0.15, 0.2) is 18.3 Å². The second-order valence-electron chi connectivity index (χ2n) is 4.65. The molecule has 0 saturated heterocycles. The maximum atomic E-state index is 12.0. The third-order valence-electron chi connectivity index (χ3n) is 3.26. The summed E-state index contributed by atoms with van der Waals surface area (Å²) in [5, 5.41) is 13.3. The number of rotatable bonds is 2. The lowest BCUT2D eigenvalue weighted by Crippen LogP contribution is -2.42. The van der Waals surface area contributed by atoms with E-state index in [1.165, 1.54) is 6.20 Å². The summed E-state index contributed by atoms with van der Waals surface area (Å²) in [5.41, 5.74) is 0.329. The van der Waals surface area contributed by atoms with Crippen molar-refractivity contribution in [1.29, 1.82) is 0 Å². The lowest BCUT2D eigenvalue weighted by Gasteiger charge is -2.21. The number of halogens is 1. The molecule has 2 rings (SSSR count). The molecular formula is C13H17ClN2O2. The number of hydrogen-bond acceptors (Lipinski definition) is 3. The molecule has 0 spiro atoms. The van der Waals surface area contributed by atoms with Crippen LogP contribution in [0, 0.1) is 0 Å². The number of carbonyl (C=O) groups excluding carboxylic acids is 1. The summed E-state index contributed by atoms with van der Waals surface area (Å²) >= 11 is 5.72. The van der Waals surface area contributed by atoms with Crippen molar-refractivity contribution >= 4 is 17.5 Å². The molecule has 1 heterocycles. The van der Waals surface area contributed by atoms with Crippen LogP contribution in [0.4, 0.5) is 0 Å². The van der Waals surface area contributed by atoms with Gasteiger partial charge in [-0.25, -0.2) is 4.98 Å². The summed E-state index contributed by atoms with van der Waals surface area (Å²) in [6.07, 6.45) is 5.73. The van der Waals surface area contributed by atoms with Crippen LogP contribution in [0.3, 0.4) is 0 Å². The first-order chi connectivity index (χ1) is 8.66. The van der Waals surface area contributed by atoms with E-state index in [1.54, 1.807) is 12.1 Å². The highest BCUT2D eigenvalue weighted by molar-refractivity contribution is 6.30. The molecule has 1 aromatic rings. The molecule has 5 heteroatoms. The van der Waals surface area contributed by atoms with E-state index in [4.69, 9.17) is 11.6 Å². The topological polar surface area (TPSA) is 62.2 Å². The van der Waals surface area contributed by atoms with Gasteiger partial charge in [-0.3, -0.25) is 4.79 Å². The molecule has 1 aromatic heterocycles. The summed E-state index contributed by atoms with van der Waals surface area (Å²) in [7, 11) is 0. The average molecular weight is 269 g/mol. The zero-order valence-corrected chi connectivity index (χ0v) is 10.9. The van der Waals surface area contributed by atoms with Crippen LogP contribution in [0.1, 0.15) is 42.6 Å². The largest absolute Gasteiger partial charge is 0.391 e. The van der Waals surface area contributed by atoms with Crippen molar-refractivity contribution in [2.24, 2.45) is 0 Å². The molecule has 1 aliphatic carbocycles. The Labute approximate surface area is 111 Å². The van der Waals surface area contributed by atoms with E-state index in [2.05, 4.69) is 10.3 Å². The number of hydrogen-bond donors (Lipinski definition) is 2. The monoisotopic (exact) mass is 268 g/mol. The summed E-state index contributed by atoms with van der Waals surface area (Å²) < 4.78 is 0. The van der Waals surface area contributed by atoms with Crippen molar-refractivity contribution in [2.45, 2.75) is 44.2 Å². The second kappa shape index (κ2) is 6.16. The molecule has 1 amide bonds. The Morgan fingerprint density at radius 2 is 2.11 bits per heavy atom. The Hall–Kier alpha value is -1.13. The SMILES string of the molecule is O=C(NC1CCCCCC1O)c1ccc(Cl)cn1. The zero-order chi connectivity index (χ0) is 13.0. The highest BCUT2D eigenvalue weighted by atomic mass is 35.5. The summed E-state index contributed by atoms with van der Waals surface area (Å²) in [5.74, 6) is -0.252. The van der Waals surface area contributed by atoms with E-state index in [0.29, 0.717) is 10.7 Å². The molecule has 1 saturated carbocycles. The van der Waals surface area contributed by atoms with Crippen LogP contribution in [0.2, 0.25) is 5.02 Å². The van der Waals surface area contributed by atoms with Gasteiger partial charge in [-0.15, -0.1) is 0 Å². The first kappa shape index (κ1) is 13.3. The number of amides is 1. The predicted molar refractivity (Wildman–Crippen MR) is 69.6 cm³/mol. The van der Waals surface area contributed by atoms with Gasteiger partial charge >= 0.3 is 0 Å². The van der Waals surface area contributed by atoms with Crippen molar-refractivity contribution in [3.05, 3.63) is 29.0 Å². The number of aliphatic hydroxyl groups is 1. The maximum absolute atomic E-state index is 12.0. The summed E-state index contributed by atoms with van der Waals surface area (Å²) in [4.78, 5) is 15.9. The minimum atomic E-state index is -0.455. The van der Waals surface area contributed by atoms with Gasteiger partial charge in [-0.05, 0) is 25.0 Å². The normalized spacial score (nSPS) is 24.3. The van der Waals surface area contributed by atoms with Crippen molar-refractivity contribution < 1.29 is 9.90 Å². The fourth-order valence-electron chi connectivity index (χ4n) is 2.21. The van der Waals surface area contributed by atoms with Gasteiger partial charge < -0.3 is 10.4 Å². The quantitative estimate of drug-likeness (QED) is 0.808. The Morgan fingerprint density at radius 3 is 2.83 bits per heavy atom. The third kappa shape index (κ3) is 3.43. The van der Waals surface area contributed by atoms with Crippen LogP contribution in [0.5, 0.6) is 0 Å². The molecule has 18 heavy (non-hydrogen) atoms. The van der Waals surface area contributed by atoms with Gasteiger partial charge in [0.05, 0.1) is 17.2 Å². The third-order valence-corrected chi connectivity index (χ3v) is 3.48. The van der Waals surface area contributed by atoms with Gasteiger partial charge in [0.2, 0.25) is 0 Å². The first-order valence-corrected chi connectivity index (χ1v) is 6.65. The number of pyridine rings is 1. The smallest absolute Gasteiger partial charge is 0.270 e. The van der Waals surface area contributed by atoms with Gasteiger partial charge in [0.15, 0.2) is 0 Å². The molecule has 2 atom stereocenters. The van der Waals surface area contributed by atoms with Crippen LogP contribution in [-0.2, 0) is 0 Å². The number of nitrogens with one attached hydrogen (secondary N) is 1. The van der Waals surface area contributed by atoms with E-state index in [-0.39, 0.29) is 11.9 Å². The molecule has 4 nitrogen and oxygen atoms in total. The van der Waals surface area contributed by atoms with E-state index in [0.717, 1.165) is 32.1 Å². The molecule has 1 fully saturated rings. The fourth-order valence-corrected chi connectivity index (χ4v) is 2.32. The van der Waals surface area contributed by atoms with E-state index in [9.17, 15) is 9.90 Å². The minimum Gasteiger partial charge on any atom is -0.391 e. The molecular weight excluding hydrogens is 252 g/mol. The van der Waals surface area contributed by atoms with E-state index < -0.39 is 6.10 Å². The van der Waals surface area contributed by atoms with Crippen molar-refractivity contribution in [3.8, 4) is 0 Å². The first-order valence-electron chi connectivity index (χ1n) is 6.27. The van der Waals surface area contributed by atoms with Crippen molar-refractivity contribution in [1.82, 2.24) is 10.3 Å². The van der Waals surface area contributed by atoms with Gasteiger partial charge in [0.25, 0.3) is 5.91 Å². The number of nitrogens with zero attached hydrogens (tertiary/aromatic N) is 1. The molecule has 0 aromatic carbocycles. The Balaban J connectivity index is 1.99. The lowest BCUT2D eigenvalue weighted by atomic mass is 10.1. The number of aliphatic hydroxyl groups excluding tert-OH is 1. The molecule has 1 aliphatic rings. The van der Waals surface area contributed by atoms with E-state index in [1.807, 2.05) is 0 Å². The van der Waals surface area contributed by atoms with Crippen LogP contribution in [0.25, 0.3) is 0 Å². The molecule has 0 radical (unpaired) electrons. The van der Waals surface area contributed by atoms with Crippen molar-refractivity contribution in [3.63, 3.8) is 0 Å². The van der Waals surface area contributed by atoms with Crippen LogP contribution < -0.4 is 5.32 Å². The van der Waals surface area contributed by atoms with Crippen molar-refractivity contribution in [2.75, 3.05) is 0 Å². The van der Waals surface area contributed by atoms with E-state index >= 15 is 0 Å². The van der Waals surface area contributed by atoms with Gasteiger partial charge in [0, 0.05) is 6.20 Å². The molecule has 2 N–H and O–H groups in total. The number of carbonyl (C=O) groups is 1. The number of aromatic nitrogens is 1. The Kier molecular flexibility index (Phi) is 4.55. The molecule has 0 aliphatic heterocycles. The Bertz CT molecular complexity index is 408. The highest BCUT2D eigenvalue weighted by Gasteiger charge is 2.23. The lowest BCUT2D eigenvalue weighted by molar-refractivity contribution is 0.0814.